The van der Waals surface area contributed by atoms with Crippen LogP contribution in [-0.4, -0.2) is 11.1 Å². The Labute approximate surface area is 101 Å². The first-order valence-corrected chi connectivity index (χ1v) is 6.43. The maximum Gasteiger partial charge on any atom is 0.180 e. The van der Waals surface area contributed by atoms with Crippen LogP contribution in [0.3, 0.4) is 0 Å². The second-order valence-corrected chi connectivity index (χ2v) is 5.10. The van der Waals surface area contributed by atoms with Crippen molar-refractivity contribution in [2.24, 2.45) is 0 Å². The molecule has 1 aromatic carbocycles. The zero-order chi connectivity index (χ0) is 11.0. The van der Waals surface area contributed by atoms with Crippen LogP contribution in [0.4, 0.5) is 0 Å². The van der Waals surface area contributed by atoms with Gasteiger partial charge in [-0.3, -0.25) is 4.84 Å². The van der Waals surface area contributed by atoms with E-state index in [1.54, 1.807) is 0 Å². The van der Waals surface area contributed by atoms with E-state index in [1.165, 1.54) is 37.7 Å². The lowest BCUT2D eigenvalue weighted by Gasteiger charge is -2.20. The molecule has 1 aliphatic carbocycles. The minimum Gasteiger partial charge on any atom is -0.270 e. The molecule has 0 N–H and O–H groups in total. The average Bonchev–Trinajstić information content (AvgIpc) is 3.11. The summed E-state index contributed by atoms with van der Waals surface area (Å²) < 4.78 is 0. The fraction of sp³-hybridized carbons (Fsp3) is 0.538. The summed E-state index contributed by atoms with van der Waals surface area (Å²) in [5.41, 5.74) is 1.22. The Morgan fingerprint density at radius 1 is 1.06 bits per heavy atom. The smallest absolute Gasteiger partial charge is 0.180 e. The minimum absolute atomic E-state index is 0.181. The van der Waals surface area contributed by atoms with Crippen LogP contribution in [0.25, 0.3) is 0 Å². The highest BCUT2D eigenvalue weighted by Gasteiger charge is 2.43. The lowest BCUT2D eigenvalue weighted by atomic mass is 9.95. The van der Waals surface area contributed by atoms with Crippen molar-refractivity contribution in [2.45, 2.75) is 44.4 Å². The SMILES string of the molecule is Clc1ccc(C2ON2C2CCCCC2)cc1. The van der Waals surface area contributed by atoms with Gasteiger partial charge < -0.3 is 0 Å². The Bertz CT molecular complexity index is 359. The molecule has 2 atom stereocenters. The Morgan fingerprint density at radius 3 is 2.44 bits per heavy atom. The summed E-state index contributed by atoms with van der Waals surface area (Å²) in [6.45, 7) is 0. The Balaban J connectivity index is 1.64. The minimum atomic E-state index is 0.181. The molecule has 0 bridgehead atoms. The summed E-state index contributed by atoms with van der Waals surface area (Å²) in [6.07, 6.45) is 6.82. The van der Waals surface area contributed by atoms with Crippen molar-refractivity contribution >= 4 is 11.6 Å². The van der Waals surface area contributed by atoms with Gasteiger partial charge in [-0.25, -0.2) is 0 Å². The molecule has 1 heterocycles. The summed E-state index contributed by atoms with van der Waals surface area (Å²) in [5.74, 6) is 0. The van der Waals surface area contributed by atoms with Crippen molar-refractivity contribution in [3.05, 3.63) is 34.9 Å². The number of hydrogen-bond acceptors (Lipinski definition) is 2. The van der Waals surface area contributed by atoms with Crippen molar-refractivity contribution in [1.82, 2.24) is 5.06 Å². The Hall–Kier alpha value is -0.570. The van der Waals surface area contributed by atoms with Gasteiger partial charge >= 0.3 is 0 Å². The molecule has 2 unspecified atom stereocenters. The van der Waals surface area contributed by atoms with Crippen molar-refractivity contribution in [2.75, 3.05) is 0 Å². The second-order valence-electron chi connectivity index (χ2n) is 4.66. The van der Waals surface area contributed by atoms with Gasteiger partial charge in [-0.1, -0.05) is 43.0 Å². The zero-order valence-corrected chi connectivity index (χ0v) is 9.99. The van der Waals surface area contributed by atoms with Crippen LogP contribution in [-0.2, 0) is 4.84 Å². The van der Waals surface area contributed by atoms with Gasteiger partial charge in [0.05, 0.1) is 0 Å². The molecule has 1 saturated heterocycles. The van der Waals surface area contributed by atoms with Crippen molar-refractivity contribution < 1.29 is 4.84 Å². The molecule has 0 aromatic heterocycles. The van der Waals surface area contributed by atoms with Gasteiger partial charge in [0, 0.05) is 11.1 Å². The van der Waals surface area contributed by atoms with E-state index < -0.39 is 0 Å². The van der Waals surface area contributed by atoms with Crippen molar-refractivity contribution in [3.63, 3.8) is 0 Å². The van der Waals surface area contributed by atoms with E-state index in [-0.39, 0.29) is 6.23 Å². The highest BCUT2D eigenvalue weighted by molar-refractivity contribution is 6.30. The molecule has 3 heteroatoms. The quantitative estimate of drug-likeness (QED) is 0.725. The standard InChI is InChI=1S/C13H16ClNO/c14-11-8-6-10(7-9-11)13-15(16-13)12-4-2-1-3-5-12/h6-9,12-13H,1-5H2. The summed E-state index contributed by atoms with van der Waals surface area (Å²) in [7, 11) is 0. The van der Waals surface area contributed by atoms with Crippen LogP contribution in [0.2, 0.25) is 5.02 Å². The lowest BCUT2D eigenvalue weighted by molar-refractivity contribution is 0.119. The molecule has 1 saturated carbocycles. The van der Waals surface area contributed by atoms with Gasteiger partial charge in [0.2, 0.25) is 0 Å². The average molecular weight is 238 g/mol. The summed E-state index contributed by atoms with van der Waals surface area (Å²) in [6, 6.07) is 8.59. The van der Waals surface area contributed by atoms with Crippen LogP contribution in [0, 0.1) is 0 Å². The molecular weight excluding hydrogens is 222 g/mol. The third-order valence-corrected chi connectivity index (χ3v) is 3.75. The molecule has 86 valence electrons. The van der Waals surface area contributed by atoms with E-state index >= 15 is 0 Å². The van der Waals surface area contributed by atoms with E-state index in [4.69, 9.17) is 16.4 Å². The first-order chi connectivity index (χ1) is 7.84. The summed E-state index contributed by atoms with van der Waals surface area (Å²) >= 11 is 5.87. The van der Waals surface area contributed by atoms with Gasteiger partial charge in [-0.15, -0.1) is 5.06 Å². The molecule has 16 heavy (non-hydrogen) atoms. The van der Waals surface area contributed by atoms with Crippen LogP contribution in [0.5, 0.6) is 0 Å². The topological polar surface area (TPSA) is 15.5 Å². The molecule has 2 fully saturated rings. The van der Waals surface area contributed by atoms with Gasteiger partial charge in [-0.05, 0) is 30.5 Å². The molecule has 0 radical (unpaired) electrons. The highest BCUT2D eigenvalue weighted by atomic mass is 35.5. The zero-order valence-electron chi connectivity index (χ0n) is 9.23. The Kier molecular flexibility index (Phi) is 2.88. The molecule has 0 spiro atoms. The summed E-state index contributed by atoms with van der Waals surface area (Å²) in [5, 5.41) is 2.94. The first-order valence-electron chi connectivity index (χ1n) is 6.05. The van der Waals surface area contributed by atoms with Crippen LogP contribution < -0.4 is 0 Å². The predicted molar refractivity (Wildman–Crippen MR) is 64.0 cm³/mol. The summed E-state index contributed by atoms with van der Waals surface area (Å²) in [4.78, 5) is 5.67. The molecule has 0 amide bonds. The number of nitrogens with zero attached hydrogens (tertiary/aromatic N) is 1. The Morgan fingerprint density at radius 2 is 1.75 bits per heavy atom. The molecule has 1 aromatic rings. The van der Waals surface area contributed by atoms with E-state index in [2.05, 4.69) is 17.2 Å². The number of hydrogen-bond donors (Lipinski definition) is 0. The normalized spacial score (nSPS) is 30.3. The van der Waals surface area contributed by atoms with Crippen LogP contribution >= 0.6 is 11.6 Å². The van der Waals surface area contributed by atoms with E-state index in [9.17, 15) is 0 Å². The fourth-order valence-electron chi connectivity index (χ4n) is 2.54. The second kappa shape index (κ2) is 4.36. The maximum atomic E-state index is 5.87. The van der Waals surface area contributed by atoms with Gasteiger partial charge in [0.1, 0.15) is 0 Å². The monoisotopic (exact) mass is 237 g/mol. The molecule has 2 nitrogen and oxygen atoms in total. The van der Waals surface area contributed by atoms with E-state index in [1.807, 2.05) is 12.1 Å². The maximum absolute atomic E-state index is 5.87. The van der Waals surface area contributed by atoms with E-state index in [0.29, 0.717) is 6.04 Å². The molecule has 1 aliphatic heterocycles. The lowest BCUT2D eigenvalue weighted by Crippen LogP contribution is -2.21. The van der Waals surface area contributed by atoms with Crippen LogP contribution in [0.15, 0.2) is 24.3 Å². The number of benzene rings is 1. The third kappa shape index (κ3) is 2.10. The van der Waals surface area contributed by atoms with Crippen LogP contribution in [0.1, 0.15) is 43.9 Å². The number of hydroxylamine groups is 2. The fourth-order valence-corrected chi connectivity index (χ4v) is 2.66. The number of halogens is 1. The van der Waals surface area contributed by atoms with Gasteiger partial charge in [-0.2, -0.15) is 0 Å². The van der Waals surface area contributed by atoms with Crippen molar-refractivity contribution in [1.29, 1.82) is 0 Å². The number of rotatable bonds is 2. The highest BCUT2D eigenvalue weighted by Crippen LogP contribution is 2.42. The van der Waals surface area contributed by atoms with Crippen molar-refractivity contribution in [3.8, 4) is 0 Å². The molecule has 3 rings (SSSR count). The largest absolute Gasteiger partial charge is 0.270 e. The molecule has 2 aliphatic rings. The third-order valence-electron chi connectivity index (χ3n) is 3.50. The first kappa shape index (κ1) is 10.6. The van der Waals surface area contributed by atoms with Gasteiger partial charge in [0.25, 0.3) is 0 Å². The molecular formula is C13H16ClNO. The van der Waals surface area contributed by atoms with E-state index in [0.717, 1.165) is 5.02 Å². The predicted octanol–water partition coefficient (Wildman–Crippen LogP) is 3.92. The van der Waals surface area contributed by atoms with Gasteiger partial charge in [0.15, 0.2) is 6.23 Å².